The molecule has 0 radical (unpaired) electrons. The highest BCUT2D eigenvalue weighted by atomic mass is 35.5. The molecule has 50 heavy (non-hydrogen) atoms. The number of aromatic nitrogens is 1. The second-order valence-electron chi connectivity index (χ2n) is 15.0. The second-order valence-corrected chi connectivity index (χ2v) is 15.4. The van der Waals surface area contributed by atoms with E-state index in [0.717, 1.165) is 97.5 Å². The van der Waals surface area contributed by atoms with E-state index in [1.54, 1.807) is 6.92 Å². The monoisotopic (exact) mass is 698 g/mol. The summed E-state index contributed by atoms with van der Waals surface area (Å²) in [6, 6.07) is 4.29. The lowest BCUT2D eigenvalue weighted by Crippen LogP contribution is -2.34. The fourth-order valence-corrected chi connectivity index (χ4v) is 7.35. The van der Waals surface area contributed by atoms with E-state index < -0.39 is 5.97 Å². The summed E-state index contributed by atoms with van der Waals surface area (Å²) in [7, 11) is 2.11. The van der Waals surface area contributed by atoms with Crippen LogP contribution in [0.15, 0.2) is 98.4 Å². The van der Waals surface area contributed by atoms with Gasteiger partial charge in [0.25, 0.3) is 0 Å². The number of carbonyl (C=O) groups excluding carboxylic acids is 1. The van der Waals surface area contributed by atoms with E-state index in [1.807, 2.05) is 0 Å². The molecule has 0 unspecified atom stereocenters. The van der Waals surface area contributed by atoms with Crippen molar-refractivity contribution in [1.82, 2.24) is 9.80 Å². The summed E-state index contributed by atoms with van der Waals surface area (Å²) in [5.74, 6) is 1.51. The number of allylic oxidation sites excluding steroid dienone is 6. The first kappa shape index (κ1) is 37.4. The predicted octanol–water partition coefficient (Wildman–Crippen LogP) is 8.13. The van der Waals surface area contributed by atoms with Crippen LogP contribution in [0.4, 0.5) is 5.82 Å². The molecule has 8 nitrogen and oxygen atoms in total. The number of unbranched alkanes of at least 4 members (excludes halogenated alkanes) is 4. The first-order valence-corrected chi connectivity index (χ1v) is 18.4. The first-order chi connectivity index (χ1) is 23.8. The van der Waals surface area contributed by atoms with Crippen LogP contribution in [0.2, 0.25) is 0 Å². The van der Waals surface area contributed by atoms with Gasteiger partial charge in [0, 0.05) is 54.7 Å². The van der Waals surface area contributed by atoms with Crippen molar-refractivity contribution in [3.8, 4) is 0 Å². The van der Waals surface area contributed by atoms with Crippen LogP contribution in [0.3, 0.4) is 0 Å². The van der Waals surface area contributed by atoms with Crippen LogP contribution >= 0.6 is 11.6 Å². The Kier molecular flexibility index (Phi) is 12.0. The summed E-state index contributed by atoms with van der Waals surface area (Å²) in [6.45, 7) is 13.7. The highest BCUT2D eigenvalue weighted by Gasteiger charge is 2.42. The van der Waals surface area contributed by atoms with Crippen LogP contribution in [-0.4, -0.2) is 64.9 Å². The number of halogens is 1. The molecular weight excluding hydrogens is 646 g/mol. The predicted molar refractivity (Wildman–Crippen MR) is 203 cm³/mol. The molecule has 1 N–H and O–H groups in total. The van der Waals surface area contributed by atoms with Crippen molar-refractivity contribution in [2.75, 3.05) is 26.7 Å². The van der Waals surface area contributed by atoms with Crippen LogP contribution in [0, 0.1) is 5.41 Å². The summed E-state index contributed by atoms with van der Waals surface area (Å²) in [4.78, 5) is 36.9. The molecule has 1 aromatic heterocycles. The number of fused-ring (bicyclic) bond motifs is 2. The van der Waals surface area contributed by atoms with Gasteiger partial charge in [0.2, 0.25) is 0 Å². The molecule has 0 spiro atoms. The molecule has 5 heterocycles. The molecule has 5 rings (SSSR count). The largest absolute Gasteiger partial charge is 0.481 e. The van der Waals surface area contributed by atoms with Gasteiger partial charge in [0.15, 0.2) is 5.71 Å². The molecule has 4 aliphatic rings. The van der Waals surface area contributed by atoms with Crippen molar-refractivity contribution in [1.29, 1.82) is 0 Å². The van der Waals surface area contributed by atoms with Gasteiger partial charge in [-0.05, 0) is 106 Å². The van der Waals surface area contributed by atoms with E-state index in [-0.39, 0.29) is 23.0 Å². The minimum atomic E-state index is -0.738. The van der Waals surface area contributed by atoms with Crippen LogP contribution in [0.25, 0.3) is 0 Å². The van der Waals surface area contributed by atoms with Crippen LogP contribution in [-0.2, 0) is 21.5 Å². The smallest absolute Gasteiger partial charge is 0.327 e. The number of carboxylic acid groups (broad SMARTS) is 1. The average Bonchev–Trinajstić information content (AvgIpc) is 3.48. The number of carbonyl (C=O) groups is 2. The number of pyridine rings is 1. The van der Waals surface area contributed by atoms with Crippen LogP contribution < -0.4 is 4.57 Å². The fraction of sp³-hybridized carbons (Fsp3) is 0.488. The molecule has 0 saturated carbocycles. The number of hydrogen-bond donors (Lipinski definition) is 1. The van der Waals surface area contributed by atoms with Gasteiger partial charge in [-0.25, -0.2) is 9.56 Å². The van der Waals surface area contributed by atoms with Gasteiger partial charge >= 0.3 is 11.8 Å². The maximum atomic E-state index is 11.3. The third kappa shape index (κ3) is 8.52. The number of aliphatic imine (C=N–C) groups is 2. The zero-order chi connectivity index (χ0) is 36.1. The van der Waals surface area contributed by atoms with E-state index in [9.17, 15) is 9.59 Å². The average molecular weight is 699 g/mol. The Bertz CT molecular complexity index is 1750. The van der Waals surface area contributed by atoms with Crippen molar-refractivity contribution in [3.63, 3.8) is 0 Å². The van der Waals surface area contributed by atoms with Crippen molar-refractivity contribution < 1.29 is 19.3 Å². The summed E-state index contributed by atoms with van der Waals surface area (Å²) >= 11 is 7.13. The minimum absolute atomic E-state index is 0.215. The van der Waals surface area contributed by atoms with E-state index in [4.69, 9.17) is 26.7 Å². The summed E-state index contributed by atoms with van der Waals surface area (Å²) < 4.78 is 2.25. The topological polar surface area (TPSA) is 89.5 Å². The molecule has 0 saturated heterocycles. The van der Waals surface area contributed by atoms with E-state index in [0.29, 0.717) is 12.8 Å². The van der Waals surface area contributed by atoms with Gasteiger partial charge in [-0.3, -0.25) is 9.69 Å². The number of Topliss-reactive ketones (excluding diaryl/α,β-unsaturated/α-hetero) is 1. The zero-order valence-corrected chi connectivity index (χ0v) is 31.4. The highest BCUT2D eigenvalue weighted by molar-refractivity contribution is 6.32. The number of likely N-dealkylation sites (N-methyl/N-ethyl adjacent to an activating group) is 1. The Balaban J connectivity index is 1.33. The first-order valence-electron chi connectivity index (χ1n) is 18.0. The van der Waals surface area contributed by atoms with Crippen molar-refractivity contribution >= 4 is 40.7 Å². The van der Waals surface area contributed by atoms with Crippen molar-refractivity contribution in [3.05, 3.63) is 94.0 Å². The van der Waals surface area contributed by atoms with Crippen molar-refractivity contribution in [2.24, 2.45) is 15.4 Å². The molecule has 0 aromatic carbocycles. The lowest BCUT2D eigenvalue weighted by Gasteiger charge is -2.28. The van der Waals surface area contributed by atoms with Crippen LogP contribution in [0.1, 0.15) is 91.5 Å². The van der Waals surface area contributed by atoms with Crippen LogP contribution in [0.5, 0.6) is 0 Å². The number of ketones is 1. The number of aliphatic carboxylic acids is 1. The molecule has 0 bridgehead atoms. The fourth-order valence-electron chi connectivity index (χ4n) is 7.11. The number of aryl methyl sites for hydroxylation is 1. The van der Waals surface area contributed by atoms with Gasteiger partial charge in [0.05, 0.1) is 29.4 Å². The lowest BCUT2D eigenvalue weighted by molar-refractivity contribution is -0.684. The van der Waals surface area contributed by atoms with Gasteiger partial charge in [-0.1, -0.05) is 50.1 Å². The molecule has 266 valence electrons. The molecule has 0 aliphatic carbocycles. The van der Waals surface area contributed by atoms with Crippen molar-refractivity contribution in [2.45, 2.75) is 97.9 Å². The number of amidine groups is 1. The highest BCUT2D eigenvalue weighted by Crippen LogP contribution is 2.44. The Morgan fingerprint density at radius 1 is 0.980 bits per heavy atom. The van der Waals surface area contributed by atoms with Gasteiger partial charge < -0.3 is 14.8 Å². The summed E-state index contributed by atoms with van der Waals surface area (Å²) in [6.07, 6.45) is 23.3. The Hall–Kier alpha value is -3.88. The molecule has 0 atom stereocenters. The Morgan fingerprint density at radius 3 is 2.50 bits per heavy atom. The SMILES string of the molecule is CC(=O)CCCCC[n+]1cccc2c1N=C(C=CC1=C(Cl)C(=CC=C3N=C4C(=CC=CN4CCCCCC(=O)O)C3(C)C)CN(C)C1)C2(C)C. The van der Waals surface area contributed by atoms with E-state index >= 15 is 0 Å². The van der Waals surface area contributed by atoms with E-state index in [1.165, 1.54) is 11.1 Å². The Morgan fingerprint density at radius 2 is 1.74 bits per heavy atom. The molecule has 0 amide bonds. The second kappa shape index (κ2) is 16.0. The standard InChI is InChI=1S/C41H52ClN5O3/c1-29(48)15-9-7-11-23-46-25-13-16-32-38(46)43-34(40(32,2)3)21-19-30-27-45(6)28-31(37(30)42)20-22-35-41(4,5)33-17-14-26-47(39(33)44-35)24-12-8-10-18-36(49)50/h13-14,16-17,19-22,25-26H,7-12,15,18,23-24,27-28H2,1-6H3/p+1. The summed E-state index contributed by atoms with van der Waals surface area (Å²) in [5, 5.41) is 9.72. The van der Waals surface area contributed by atoms with Gasteiger partial charge in [0.1, 0.15) is 11.6 Å². The van der Waals surface area contributed by atoms with Gasteiger partial charge in [-0.15, -0.1) is 0 Å². The third-order valence-electron chi connectivity index (χ3n) is 10.2. The normalized spacial score (nSPS) is 21.2. The third-order valence-corrected chi connectivity index (χ3v) is 10.7. The molecule has 4 aliphatic heterocycles. The number of nitrogens with zero attached hydrogens (tertiary/aromatic N) is 5. The summed E-state index contributed by atoms with van der Waals surface area (Å²) in [5.41, 5.74) is 6.04. The number of hydrogen-bond acceptors (Lipinski definition) is 6. The van der Waals surface area contributed by atoms with Gasteiger partial charge in [-0.2, -0.15) is 0 Å². The maximum Gasteiger partial charge on any atom is 0.327 e. The minimum Gasteiger partial charge on any atom is -0.481 e. The van der Waals surface area contributed by atoms with E-state index in [2.05, 4.69) is 110 Å². The lowest BCUT2D eigenvalue weighted by atomic mass is 9.81. The maximum absolute atomic E-state index is 11.3. The molecule has 1 aromatic rings. The number of carboxylic acids is 1. The number of rotatable bonds is 15. The zero-order valence-electron chi connectivity index (χ0n) is 30.6. The Labute approximate surface area is 303 Å². The molecule has 9 heteroatoms. The molecular formula is C41H53ClN5O3+. The molecule has 0 fully saturated rings. The quantitative estimate of drug-likeness (QED) is 0.148.